The summed E-state index contributed by atoms with van der Waals surface area (Å²) < 4.78 is 13.1. The van der Waals surface area contributed by atoms with Crippen LogP contribution in [0.15, 0.2) is 0 Å². The van der Waals surface area contributed by atoms with Crippen LogP contribution in [0.1, 0.15) is 13.8 Å². The standard InChI is InChI=1S/C9H17N3OS/c1-9(2,8-10)11-4-6-12(7-5-11)14(3)13/h4-7H2,1-3H3. The summed E-state index contributed by atoms with van der Waals surface area (Å²) in [5, 5.41) is 8.96. The van der Waals surface area contributed by atoms with Crippen LogP contribution in [0.5, 0.6) is 0 Å². The highest BCUT2D eigenvalue weighted by atomic mass is 32.2. The number of rotatable bonds is 2. The Balaban J connectivity index is 2.52. The quantitative estimate of drug-likeness (QED) is 0.661. The summed E-state index contributed by atoms with van der Waals surface area (Å²) in [4.78, 5) is 2.14. The Morgan fingerprint density at radius 1 is 1.29 bits per heavy atom. The van der Waals surface area contributed by atoms with Gasteiger partial charge in [0.25, 0.3) is 0 Å². The first kappa shape index (κ1) is 11.6. The van der Waals surface area contributed by atoms with Gasteiger partial charge in [0.2, 0.25) is 0 Å². The smallest absolute Gasteiger partial charge is 0.103 e. The van der Waals surface area contributed by atoms with Gasteiger partial charge in [0.15, 0.2) is 0 Å². The third-order valence-electron chi connectivity index (χ3n) is 2.67. The van der Waals surface area contributed by atoms with Gasteiger partial charge < -0.3 is 0 Å². The number of hydrogen-bond donors (Lipinski definition) is 0. The molecule has 1 unspecified atom stereocenters. The minimum Gasteiger partial charge on any atom is -0.283 e. The molecule has 0 spiro atoms. The Labute approximate surface area is 88.1 Å². The summed E-state index contributed by atoms with van der Waals surface area (Å²) in [7, 11) is -0.872. The molecule has 0 radical (unpaired) electrons. The maximum absolute atomic E-state index is 11.2. The van der Waals surface area contributed by atoms with E-state index in [-0.39, 0.29) is 0 Å². The maximum atomic E-state index is 11.2. The lowest BCUT2D eigenvalue weighted by Gasteiger charge is -2.39. The van der Waals surface area contributed by atoms with Crippen molar-refractivity contribution < 1.29 is 4.21 Å². The second kappa shape index (κ2) is 4.39. The summed E-state index contributed by atoms with van der Waals surface area (Å²) in [6.45, 7) is 7.06. The molecule has 1 atom stereocenters. The molecule has 1 fully saturated rings. The van der Waals surface area contributed by atoms with Crippen LogP contribution < -0.4 is 0 Å². The highest BCUT2D eigenvalue weighted by molar-refractivity contribution is 7.81. The number of nitrogens with zero attached hydrogens (tertiary/aromatic N) is 3. The summed E-state index contributed by atoms with van der Waals surface area (Å²) in [6.07, 6.45) is 1.70. The molecule has 0 aromatic rings. The average molecular weight is 215 g/mol. The second-order valence-corrected chi connectivity index (χ2v) is 5.37. The maximum Gasteiger partial charge on any atom is 0.103 e. The van der Waals surface area contributed by atoms with Crippen molar-refractivity contribution in [2.75, 3.05) is 32.4 Å². The van der Waals surface area contributed by atoms with E-state index in [0.717, 1.165) is 26.2 Å². The van der Waals surface area contributed by atoms with Crippen molar-refractivity contribution in [3.8, 4) is 6.07 Å². The Bertz CT molecular complexity index is 264. The zero-order valence-electron chi connectivity index (χ0n) is 8.99. The Morgan fingerprint density at radius 3 is 2.14 bits per heavy atom. The van der Waals surface area contributed by atoms with E-state index in [1.807, 2.05) is 18.2 Å². The van der Waals surface area contributed by atoms with E-state index in [2.05, 4.69) is 11.0 Å². The van der Waals surface area contributed by atoms with Crippen molar-refractivity contribution >= 4 is 11.0 Å². The Kier molecular flexibility index (Phi) is 3.65. The number of nitriles is 1. The highest BCUT2D eigenvalue weighted by Gasteiger charge is 2.30. The van der Waals surface area contributed by atoms with E-state index in [0.29, 0.717) is 0 Å². The van der Waals surface area contributed by atoms with Crippen molar-refractivity contribution in [2.45, 2.75) is 19.4 Å². The number of hydrogen-bond acceptors (Lipinski definition) is 3. The zero-order chi connectivity index (χ0) is 10.8. The van der Waals surface area contributed by atoms with Crippen LogP contribution in [0.4, 0.5) is 0 Å². The summed E-state index contributed by atoms with van der Waals surface area (Å²) >= 11 is 0. The molecule has 0 aliphatic carbocycles. The van der Waals surface area contributed by atoms with Crippen LogP contribution >= 0.6 is 0 Å². The average Bonchev–Trinajstić information content (AvgIpc) is 2.18. The first-order chi connectivity index (χ1) is 6.47. The van der Waals surface area contributed by atoms with Crippen molar-refractivity contribution in [3.63, 3.8) is 0 Å². The lowest BCUT2D eigenvalue weighted by atomic mass is 10.0. The molecule has 4 nitrogen and oxygen atoms in total. The first-order valence-corrected chi connectivity index (χ1v) is 6.23. The third kappa shape index (κ3) is 2.53. The SMILES string of the molecule is CS(=O)N1CCN(C(C)(C)C#N)CC1. The predicted octanol–water partition coefficient (Wildman–Crippen LogP) is 0.200. The predicted molar refractivity (Wildman–Crippen MR) is 56.9 cm³/mol. The van der Waals surface area contributed by atoms with E-state index in [1.165, 1.54) is 0 Å². The van der Waals surface area contributed by atoms with Crippen LogP contribution in [0, 0.1) is 11.3 Å². The topological polar surface area (TPSA) is 47.3 Å². The second-order valence-electron chi connectivity index (χ2n) is 4.01. The van der Waals surface area contributed by atoms with Gasteiger partial charge in [-0.2, -0.15) is 5.26 Å². The Hall–Kier alpha value is -0.440. The van der Waals surface area contributed by atoms with E-state index in [1.54, 1.807) is 6.26 Å². The normalized spacial score (nSPS) is 23.0. The molecule has 14 heavy (non-hydrogen) atoms. The molecule has 5 heteroatoms. The molecule has 1 heterocycles. The minimum absolute atomic E-state index is 0.401. The van der Waals surface area contributed by atoms with E-state index < -0.39 is 16.5 Å². The van der Waals surface area contributed by atoms with Crippen molar-refractivity contribution in [3.05, 3.63) is 0 Å². The molecule has 0 aromatic carbocycles. The van der Waals surface area contributed by atoms with Crippen molar-refractivity contribution in [1.29, 1.82) is 5.26 Å². The molecule has 0 saturated carbocycles. The van der Waals surface area contributed by atoms with E-state index in [4.69, 9.17) is 5.26 Å². The molecule has 1 saturated heterocycles. The summed E-state index contributed by atoms with van der Waals surface area (Å²) in [5.41, 5.74) is -0.401. The van der Waals surface area contributed by atoms with Gasteiger partial charge in [0, 0.05) is 32.4 Å². The molecule has 1 aliphatic heterocycles. The number of piperazine rings is 1. The molecule has 0 aromatic heterocycles. The fourth-order valence-electron chi connectivity index (χ4n) is 1.57. The van der Waals surface area contributed by atoms with Crippen molar-refractivity contribution in [1.82, 2.24) is 9.21 Å². The van der Waals surface area contributed by atoms with Gasteiger partial charge in [-0.3, -0.25) is 4.90 Å². The van der Waals surface area contributed by atoms with Crippen LogP contribution in [-0.2, 0) is 11.0 Å². The summed E-state index contributed by atoms with van der Waals surface area (Å²) in [6, 6.07) is 2.29. The highest BCUT2D eigenvalue weighted by Crippen LogP contribution is 2.16. The lowest BCUT2D eigenvalue weighted by molar-refractivity contribution is 0.118. The van der Waals surface area contributed by atoms with Gasteiger partial charge in [-0.15, -0.1) is 0 Å². The lowest BCUT2D eigenvalue weighted by Crippen LogP contribution is -2.54. The van der Waals surface area contributed by atoms with Crippen LogP contribution in [-0.4, -0.2) is 51.4 Å². The van der Waals surface area contributed by atoms with Gasteiger partial charge in [-0.1, -0.05) is 0 Å². The molecular weight excluding hydrogens is 198 g/mol. The van der Waals surface area contributed by atoms with Gasteiger partial charge in [-0.25, -0.2) is 8.51 Å². The van der Waals surface area contributed by atoms with Gasteiger partial charge in [0.1, 0.15) is 5.54 Å². The molecular formula is C9H17N3OS. The fourth-order valence-corrected chi connectivity index (χ4v) is 2.25. The minimum atomic E-state index is -0.872. The Morgan fingerprint density at radius 2 is 1.79 bits per heavy atom. The molecule has 0 amide bonds. The van der Waals surface area contributed by atoms with Gasteiger partial charge in [0.05, 0.1) is 17.1 Å². The van der Waals surface area contributed by atoms with Crippen LogP contribution in [0.25, 0.3) is 0 Å². The van der Waals surface area contributed by atoms with Crippen LogP contribution in [0.3, 0.4) is 0 Å². The largest absolute Gasteiger partial charge is 0.283 e. The van der Waals surface area contributed by atoms with E-state index in [9.17, 15) is 4.21 Å². The third-order valence-corrected chi connectivity index (χ3v) is 3.76. The first-order valence-electron chi connectivity index (χ1n) is 4.72. The zero-order valence-corrected chi connectivity index (χ0v) is 9.80. The van der Waals surface area contributed by atoms with E-state index >= 15 is 0 Å². The van der Waals surface area contributed by atoms with Crippen LogP contribution in [0.2, 0.25) is 0 Å². The van der Waals surface area contributed by atoms with Crippen molar-refractivity contribution in [2.24, 2.45) is 0 Å². The molecule has 80 valence electrons. The molecule has 0 N–H and O–H groups in total. The molecule has 1 aliphatic rings. The van der Waals surface area contributed by atoms with Gasteiger partial charge >= 0.3 is 0 Å². The monoisotopic (exact) mass is 215 g/mol. The molecule has 0 bridgehead atoms. The fraction of sp³-hybridized carbons (Fsp3) is 0.889. The van der Waals surface area contributed by atoms with Gasteiger partial charge in [-0.05, 0) is 13.8 Å². The molecule has 1 rings (SSSR count). The summed E-state index contributed by atoms with van der Waals surface area (Å²) in [5.74, 6) is 0.